The number of anilines is 1. The molecule has 1 aromatic heterocycles. The number of benzene rings is 1. The third-order valence-electron chi connectivity index (χ3n) is 2.83. The second-order valence-electron chi connectivity index (χ2n) is 4.70. The molecule has 0 fully saturated rings. The van der Waals surface area contributed by atoms with E-state index >= 15 is 0 Å². The monoisotopic (exact) mass is 384 g/mol. The number of carbonyl (C=O) groups is 2. The van der Waals surface area contributed by atoms with Gasteiger partial charge in [0.25, 0.3) is 10.0 Å². The molecular formula is C14H13ClN4O5S. The molecular weight excluding hydrogens is 372 g/mol. The Labute approximate surface area is 148 Å². The first-order chi connectivity index (χ1) is 11.7. The first kappa shape index (κ1) is 18.6. The normalized spacial score (nSPS) is 10.8. The average molecular weight is 385 g/mol. The van der Waals surface area contributed by atoms with E-state index in [0.29, 0.717) is 5.69 Å². The summed E-state index contributed by atoms with van der Waals surface area (Å²) in [5.74, 6) is -0.982. The van der Waals surface area contributed by atoms with Crippen LogP contribution in [0.3, 0.4) is 0 Å². The summed E-state index contributed by atoms with van der Waals surface area (Å²) in [4.78, 5) is 30.9. The van der Waals surface area contributed by atoms with Crippen molar-refractivity contribution in [1.82, 2.24) is 14.7 Å². The van der Waals surface area contributed by atoms with Crippen LogP contribution in [0, 0.1) is 6.92 Å². The lowest BCUT2D eigenvalue weighted by Gasteiger charge is -2.09. The zero-order chi connectivity index (χ0) is 18.6. The van der Waals surface area contributed by atoms with E-state index in [1.54, 1.807) is 17.7 Å². The summed E-state index contributed by atoms with van der Waals surface area (Å²) in [5, 5.41) is 2.11. The molecule has 2 aromatic rings. The summed E-state index contributed by atoms with van der Waals surface area (Å²) in [7, 11) is -3.02. The Hall–Kier alpha value is -2.72. The number of ether oxygens (including phenoxy) is 1. The van der Waals surface area contributed by atoms with Crippen molar-refractivity contribution in [3.63, 3.8) is 0 Å². The Morgan fingerprint density at radius 1 is 1.20 bits per heavy atom. The third kappa shape index (κ3) is 4.64. The highest BCUT2D eigenvalue weighted by Crippen LogP contribution is 2.20. The van der Waals surface area contributed by atoms with Gasteiger partial charge in [0, 0.05) is 5.69 Å². The molecule has 0 bridgehead atoms. The van der Waals surface area contributed by atoms with Crippen LogP contribution in [-0.2, 0) is 14.8 Å². The van der Waals surface area contributed by atoms with Gasteiger partial charge in [0.15, 0.2) is 5.69 Å². The SMILES string of the molecule is COC(=O)c1cc(C)nc(NC(=O)NS(=O)(=O)c2ccccc2Cl)n1. The number of amides is 2. The topological polar surface area (TPSA) is 127 Å². The Balaban J connectivity index is 2.19. The summed E-state index contributed by atoms with van der Waals surface area (Å²) in [6.45, 7) is 1.57. The Morgan fingerprint density at radius 2 is 1.88 bits per heavy atom. The minimum absolute atomic E-state index is 0.0393. The number of esters is 1. The summed E-state index contributed by atoms with van der Waals surface area (Å²) >= 11 is 5.82. The smallest absolute Gasteiger partial charge is 0.356 e. The number of sulfonamides is 1. The van der Waals surface area contributed by atoms with Crippen molar-refractivity contribution in [3.05, 3.63) is 46.7 Å². The lowest BCUT2D eigenvalue weighted by Crippen LogP contribution is -2.35. The molecule has 0 aliphatic carbocycles. The second kappa shape index (κ2) is 7.45. The number of nitrogens with zero attached hydrogens (tertiary/aromatic N) is 2. The first-order valence-corrected chi connectivity index (χ1v) is 8.61. The molecule has 2 rings (SSSR count). The van der Waals surface area contributed by atoms with Gasteiger partial charge in [0.2, 0.25) is 5.95 Å². The molecule has 0 spiro atoms. The van der Waals surface area contributed by atoms with E-state index < -0.39 is 22.0 Å². The molecule has 1 aromatic carbocycles. The van der Waals surface area contributed by atoms with Gasteiger partial charge < -0.3 is 4.74 Å². The number of hydrogen-bond donors (Lipinski definition) is 2. The van der Waals surface area contributed by atoms with Gasteiger partial charge in [-0.3, -0.25) is 5.32 Å². The van der Waals surface area contributed by atoms with Gasteiger partial charge in [-0.1, -0.05) is 23.7 Å². The number of halogens is 1. The summed E-state index contributed by atoms with van der Waals surface area (Å²) < 4.78 is 30.7. The second-order valence-corrected chi connectivity index (χ2v) is 6.76. The van der Waals surface area contributed by atoms with E-state index in [4.69, 9.17) is 11.6 Å². The molecule has 11 heteroatoms. The lowest BCUT2D eigenvalue weighted by molar-refractivity contribution is 0.0593. The number of methoxy groups -OCH3 is 1. The maximum atomic E-state index is 12.2. The number of aromatic nitrogens is 2. The number of rotatable bonds is 4. The predicted molar refractivity (Wildman–Crippen MR) is 88.9 cm³/mol. The van der Waals surface area contributed by atoms with E-state index in [2.05, 4.69) is 20.0 Å². The van der Waals surface area contributed by atoms with E-state index in [-0.39, 0.29) is 21.6 Å². The van der Waals surface area contributed by atoms with Crippen molar-refractivity contribution >= 4 is 39.6 Å². The van der Waals surface area contributed by atoms with Crippen molar-refractivity contribution < 1.29 is 22.7 Å². The minimum Gasteiger partial charge on any atom is -0.464 e. The number of aryl methyl sites for hydroxylation is 1. The predicted octanol–water partition coefficient (Wildman–Crippen LogP) is 1.74. The molecule has 0 atom stereocenters. The molecule has 25 heavy (non-hydrogen) atoms. The van der Waals surface area contributed by atoms with Crippen LogP contribution < -0.4 is 10.0 Å². The van der Waals surface area contributed by atoms with Crippen molar-refractivity contribution in [2.24, 2.45) is 0 Å². The molecule has 2 N–H and O–H groups in total. The van der Waals surface area contributed by atoms with Gasteiger partial charge in [-0.25, -0.2) is 32.7 Å². The lowest BCUT2D eigenvalue weighted by atomic mass is 10.3. The fourth-order valence-electron chi connectivity index (χ4n) is 1.80. The van der Waals surface area contributed by atoms with Crippen molar-refractivity contribution in [1.29, 1.82) is 0 Å². The largest absolute Gasteiger partial charge is 0.464 e. The van der Waals surface area contributed by atoms with Crippen LogP contribution >= 0.6 is 11.6 Å². The van der Waals surface area contributed by atoms with Gasteiger partial charge in [-0.05, 0) is 25.1 Å². The average Bonchev–Trinajstić information content (AvgIpc) is 2.53. The zero-order valence-corrected chi connectivity index (χ0v) is 14.7. The van der Waals surface area contributed by atoms with Crippen molar-refractivity contribution in [3.8, 4) is 0 Å². The van der Waals surface area contributed by atoms with E-state index in [1.807, 2.05) is 0 Å². The standard InChI is InChI=1S/C14H13ClN4O5S/c1-8-7-10(12(20)24-2)17-13(16-8)18-14(21)19-25(22,23)11-6-4-3-5-9(11)15/h3-7H,1-2H3,(H2,16,17,18,19,21). The van der Waals surface area contributed by atoms with Crippen LogP contribution in [0.15, 0.2) is 35.2 Å². The van der Waals surface area contributed by atoms with Crippen LogP contribution in [0.4, 0.5) is 10.7 Å². The molecule has 0 aliphatic heterocycles. The van der Waals surface area contributed by atoms with Crippen LogP contribution in [-0.4, -0.2) is 37.5 Å². The van der Waals surface area contributed by atoms with Crippen LogP contribution in [0.2, 0.25) is 5.02 Å². The number of urea groups is 1. The van der Waals surface area contributed by atoms with Crippen LogP contribution in [0.25, 0.3) is 0 Å². The molecule has 0 saturated carbocycles. The number of carbonyl (C=O) groups excluding carboxylic acids is 2. The maximum absolute atomic E-state index is 12.2. The summed E-state index contributed by atoms with van der Waals surface area (Å²) in [5.41, 5.74) is 0.291. The van der Waals surface area contributed by atoms with Gasteiger partial charge in [0.1, 0.15) is 4.90 Å². The molecule has 0 saturated heterocycles. The van der Waals surface area contributed by atoms with Gasteiger partial charge in [-0.15, -0.1) is 0 Å². The zero-order valence-electron chi connectivity index (χ0n) is 13.1. The highest BCUT2D eigenvalue weighted by Gasteiger charge is 2.21. The minimum atomic E-state index is -4.19. The van der Waals surface area contributed by atoms with Gasteiger partial charge in [-0.2, -0.15) is 0 Å². The highest BCUT2D eigenvalue weighted by molar-refractivity contribution is 7.90. The van der Waals surface area contributed by atoms with Crippen molar-refractivity contribution in [2.75, 3.05) is 12.4 Å². The first-order valence-electron chi connectivity index (χ1n) is 6.75. The van der Waals surface area contributed by atoms with E-state index in [9.17, 15) is 18.0 Å². The molecule has 0 radical (unpaired) electrons. The molecule has 0 unspecified atom stereocenters. The van der Waals surface area contributed by atoms with Crippen LogP contribution in [0.5, 0.6) is 0 Å². The Kier molecular flexibility index (Phi) is 5.55. The Morgan fingerprint density at radius 3 is 2.52 bits per heavy atom. The molecule has 0 aliphatic rings. The molecule has 132 valence electrons. The van der Waals surface area contributed by atoms with Crippen molar-refractivity contribution in [2.45, 2.75) is 11.8 Å². The fraction of sp³-hybridized carbons (Fsp3) is 0.143. The molecule has 2 amide bonds. The maximum Gasteiger partial charge on any atom is 0.356 e. The molecule has 1 heterocycles. The van der Waals surface area contributed by atoms with E-state index in [1.165, 1.54) is 31.4 Å². The highest BCUT2D eigenvalue weighted by atomic mass is 35.5. The summed E-state index contributed by atoms with van der Waals surface area (Å²) in [6.07, 6.45) is 0. The van der Waals surface area contributed by atoms with Gasteiger partial charge in [0.05, 0.1) is 12.1 Å². The molecule has 9 nitrogen and oxygen atoms in total. The summed E-state index contributed by atoms with van der Waals surface area (Å²) in [6, 6.07) is 5.88. The Bertz CT molecular complexity index is 933. The number of nitrogens with one attached hydrogen (secondary N) is 2. The third-order valence-corrected chi connectivity index (χ3v) is 4.66. The fourth-order valence-corrected chi connectivity index (χ4v) is 3.23. The van der Waals surface area contributed by atoms with E-state index in [0.717, 1.165) is 0 Å². The number of hydrogen-bond acceptors (Lipinski definition) is 7. The van der Waals surface area contributed by atoms with Crippen LogP contribution in [0.1, 0.15) is 16.2 Å². The quantitative estimate of drug-likeness (QED) is 0.768. The van der Waals surface area contributed by atoms with Gasteiger partial charge >= 0.3 is 12.0 Å².